The minimum atomic E-state index is -0.399. The van der Waals surface area contributed by atoms with Crippen LogP contribution in [0.25, 0.3) is 0 Å². The number of halogens is 1. The molecule has 0 aromatic heterocycles. The minimum absolute atomic E-state index is 0.0825. The summed E-state index contributed by atoms with van der Waals surface area (Å²) in [6.45, 7) is 8.52. The number of piperazine rings is 1. The molecule has 5 nitrogen and oxygen atoms in total. The van der Waals surface area contributed by atoms with Gasteiger partial charge in [0.2, 0.25) is 0 Å². The van der Waals surface area contributed by atoms with Crippen molar-refractivity contribution in [3.05, 3.63) is 65.0 Å². The Morgan fingerprint density at radius 3 is 2.27 bits per heavy atom. The van der Waals surface area contributed by atoms with Gasteiger partial charge in [-0.1, -0.05) is 38.1 Å². The van der Waals surface area contributed by atoms with E-state index in [-0.39, 0.29) is 11.8 Å². The van der Waals surface area contributed by atoms with Crippen molar-refractivity contribution in [3.8, 4) is 0 Å². The Bertz CT molecular complexity index is 888. The van der Waals surface area contributed by atoms with Crippen LogP contribution in [0.5, 0.6) is 0 Å². The van der Waals surface area contributed by atoms with E-state index in [0.717, 1.165) is 6.42 Å². The van der Waals surface area contributed by atoms with Gasteiger partial charge in [-0.15, -0.1) is 0 Å². The lowest BCUT2D eigenvalue weighted by atomic mass is 10.0. The number of carbonyl (C=O) groups is 2. The number of amides is 2. The summed E-state index contributed by atoms with van der Waals surface area (Å²) in [5.74, 6) is -0.0418. The zero-order chi connectivity index (χ0) is 21.7. The summed E-state index contributed by atoms with van der Waals surface area (Å²) >= 11 is 0. The molecule has 0 radical (unpaired) electrons. The van der Waals surface area contributed by atoms with Gasteiger partial charge < -0.3 is 15.1 Å². The summed E-state index contributed by atoms with van der Waals surface area (Å²) in [6, 6.07) is 13.0. The molecule has 0 unspecified atom stereocenters. The molecule has 0 aliphatic carbocycles. The standard InChI is InChI=1S/C24H30FN3O2/c1-17(2)20-6-4-19(5-7-20)10-11-26-24(30)28-14-12-27(13-15-28)23-9-8-21(18(3)29)16-22(23)25/h4-9,16-17H,10-15H2,1-3H3,(H,26,30). The van der Waals surface area contributed by atoms with Crippen LogP contribution in [0.4, 0.5) is 14.9 Å². The fourth-order valence-corrected chi connectivity index (χ4v) is 3.63. The van der Waals surface area contributed by atoms with Gasteiger partial charge in [0, 0.05) is 38.3 Å². The number of rotatable bonds is 6. The summed E-state index contributed by atoms with van der Waals surface area (Å²) in [4.78, 5) is 27.5. The van der Waals surface area contributed by atoms with Gasteiger partial charge in [0.15, 0.2) is 5.78 Å². The molecular weight excluding hydrogens is 381 g/mol. The second kappa shape index (κ2) is 9.74. The van der Waals surface area contributed by atoms with Crippen molar-refractivity contribution in [1.29, 1.82) is 0 Å². The van der Waals surface area contributed by atoms with E-state index in [1.807, 2.05) is 4.90 Å². The number of urea groups is 1. The lowest BCUT2D eigenvalue weighted by molar-refractivity contribution is 0.101. The highest BCUT2D eigenvalue weighted by molar-refractivity contribution is 5.94. The zero-order valence-corrected chi connectivity index (χ0v) is 18.0. The molecular formula is C24H30FN3O2. The number of Topliss-reactive ketones (excluding diaryl/α,β-unsaturated/α-hetero) is 1. The van der Waals surface area contributed by atoms with Crippen molar-refractivity contribution >= 4 is 17.5 Å². The van der Waals surface area contributed by atoms with Gasteiger partial charge in [-0.3, -0.25) is 4.79 Å². The average molecular weight is 412 g/mol. The molecule has 2 aromatic carbocycles. The third-order valence-corrected chi connectivity index (χ3v) is 5.60. The highest BCUT2D eigenvalue weighted by atomic mass is 19.1. The minimum Gasteiger partial charge on any atom is -0.366 e. The Kier molecular flexibility index (Phi) is 7.08. The number of nitrogens with one attached hydrogen (secondary N) is 1. The van der Waals surface area contributed by atoms with Crippen molar-refractivity contribution in [1.82, 2.24) is 10.2 Å². The van der Waals surface area contributed by atoms with Crippen LogP contribution in [0, 0.1) is 5.82 Å². The first-order valence-corrected chi connectivity index (χ1v) is 10.5. The second-order valence-electron chi connectivity index (χ2n) is 8.07. The predicted octanol–water partition coefficient (Wildman–Crippen LogP) is 4.23. The van der Waals surface area contributed by atoms with Crippen LogP contribution in [0.15, 0.2) is 42.5 Å². The molecule has 160 valence electrons. The van der Waals surface area contributed by atoms with Gasteiger partial charge >= 0.3 is 6.03 Å². The van der Waals surface area contributed by atoms with Crippen LogP contribution in [0.1, 0.15) is 48.2 Å². The molecule has 30 heavy (non-hydrogen) atoms. The topological polar surface area (TPSA) is 52.7 Å². The van der Waals surface area contributed by atoms with E-state index in [9.17, 15) is 14.0 Å². The van der Waals surface area contributed by atoms with E-state index in [4.69, 9.17) is 0 Å². The van der Waals surface area contributed by atoms with Crippen LogP contribution < -0.4 is 10.2 Å². The fraction of sp³-hybridized carbons (Fsp3) is 0.417. The molecule has 1 fully saturated rings. The highest BCUT2D eigenvalue weighted by Gasteiger charge is 2.23. The van der Waals surface area contributed by atoms with Gasteiger partial charge in [-0.2, -0.15) is 0 Å². The molecule has 0 bridgehead atoms. The number of carbonyl (C=O) groups excluding carboxylic acids is 2. The van der Waals surface area contributed by atoms with E-state index in [0.29, 0.717) is 49.9 Å². The average Bonchev–Trinajstić information content (AvgIpc) is 2.74. The van der Waals surface area contributed by atoms with Gasteiger partial charge in [-0.25, -0.2) is 9.18 Å². The molecule has 1 N–H and O–H groups in total. The van der Waals surface area contributed by atoms with E-state index in [1.165, 1.54) is 24.1 Å². The first kappa shape index (κ1) is 21.8. The predicted molar refractivity (Wildman–Crippen MR) is 118 cm³/mol. The van der Waals surface area contributed by atoms with Crippen molar-refractivity contribution in [2.24, 2.45) is 0 Å². The maximum absolute atomic E-state index is 14.4. The number of benzene rings is 2. The smallest absolute Gasteiger partial charge is 0.317 e. The number of ketones is 1. The van der Waals surface area contributed by atoms with Crippen LogP contribution >= 0.6 is 0 Å². The molecule has 0 spiro atoms. The summed E-state index contributed by atoms with van der Waals surface area (Å²) in [6.07, 6.45) is 0.789. The third-order valence-electron chi connectivity index (χ3n) is 5.60. The maximum Gasteiger partial charge on any atom is 0.317 e. The van der Waals surface area contributed by atoms with Crippen molar-refractivity contribution < 1.29 is 14.0 Å². The molecule has 3 rings (SSSR count). The highest BCUT2D eigenvalue weighted by Crippen LogP contribution is 2.22. The Balaban J connectivity index is 1.45. The third kappa shape index (κ3) is 5.38. The summed E-state index contributed by atoms with van der Waals surface area (Å²) in [7, 11) is 0. The number of anilines is 1. The Morgan fingerprint density at radius 1 is 1.03 bits per heavy atom. The van der Waals surface area contributed by atoms with Crippen LogP contribution in [0.2, 0.25) is 0 Å². The second-order valence-corrected chi connectivity index (χ2v) is 8.07. The fourth-order valence-electron chi connectivity index (χ4n) is 3.63. The molecule has 2 aromatic rings. The van der Waals surface area contributed by atoms with Crippen molar-refractivity contribution in [3.63, 3.8) is 0 Å². The lowest BCUT2D eigenvalue weighted by Gasteiger charge is -2.36. The number of nitrogens with zero attached hydrogens (tertiary/aromatic N) is 2. The van der Waals surface area contributed by atoms with Gasteiger partial charge in [0.05, 0.1) is 5.69 Å². The van der Waals surface area contributed by atoms with E-state index in [1.54, 1.807) is 17.0 Å². The maximum atomic E-state index is 14.4. The van der Waals surface area contributed by atoms with Crippen LogP contribution in [-0.2, 0) is 6.42 Å². The summed E-state index contributed by atoms with van der Waals surface area (Å²) < 4.78 is 14.4. The molecule has 0 atom stereocenters. The zero-order valence-electron chi connectivity index (χ0n) is 18.0. The van der Waals surface area contributed by atoms with Gasteiger partial charge in [-0.05, 0) is 48.6 Å². The van der Waals surface area contributed by atoms with Crippen molar-refractivity contribution in [2.45, 2.75) is 33.1 Å². The largest absolute Gasteiger partial charge is 0.366 e. The Labute approximate surface area is 177 Å². The number of hydrogen-bond donors (Lipinski definition) is 1. The normalized spacial score (nSPS) is 14.2. The molecule has 6 heteroatoms. The molecule has 2 amide bonds. The first-order valence-electron chi connectivity index (χ1n) is 10.5. The van der Waals surface area contributed by atoms with Gasteiger partial charge in [0.25, 0.3) is 0 Å². The van der Waals surface area contributed by atoms with Crippen LogP contribution in [0.3, 0.4) is 0 Å². The van der Waals surface area contributed by atoms with E-state index >= 15 is 0 Å². The summed E-state index contributed by atoms with van der Waals surface area (Å²) in [5.41, 5.74) is 3.36. The Hall–Kier alpha value is -2.89. The van der Waals surface area contributed by atoms with E-state index in [2.05, 4.69) is 43.4 Å². The van der Waals surface area contributed by atoms with Crippen molar-refractivity contribution in [2.75, 3.05) is 37.6 Å². The number of hydrogen-bond acceptors (Lipinski definition) is 3. The quantitative estimate of drug-likeness (QED) is 0.724. The SMILES string of the molecule is CC(=O)c1ccc(N2CCN(C(=O)NCCc3ccc(C(C)C)cc3)CC2)c(F)c1. The molecule has 1 aliphatic rings. The lowest BCUT2D eigenvalue weighted by Crippen LogP contribution is -2.52. The Morgan fingerprint density at radius 2 is 1.70 bits per heavy atom. The monoisotopic (exact) mass is 411 g/mol. The molecule has 0 saturated carbocycles. The first-order chi connectivity index (χ1) is 14.3. The summed E-state index contributed by atoms with van der Waals surface area (Å²) in [5, 5.41) is 2.98. The molecule has 1 saturated heterocycles. The molecule has 1 heterocycles. The van der Waals surface area contributed by atoms with Gasteiger partial charge in [0.1, 0.15) is 5.82 Å². The van der Waals surface area contributed by atoms with Crippen LogP contribution in [-0.4, -0.2) is 49.4 Å². The van der Waals surface area contributed by atoms with E-state index < -0.39 is 5.82 Å². The molecule has 1 aliphatic heterocycles.